The van der Waals surface area contributed by atoms with Crippen LogP contribution in [0.1, 0.15) is 22.3 Å². The number of benzene rings is 2. The van der Waals surface area contributed by atoms with Crippen LogP contribution in [0.2, 0.25) is 0 Å². The first kappa shape index (κ1) is 20.4. The summed E-state index contributed by atoms with van der Waals surface area (Å²) in [5, 5.41) is 0. The molecule has 2 aromatic rings. The molecule has 1 heterocycles. The van der Waals surface area contributed by atoms with E-state index in [9.17, 15) is 9.59 Å². The quantitative estimate of drug-likeness (QED) is 0.342. The van der Waals surface area contributed by atoms with Crippen LogP contribution in [0.25, 0.3) is 12.2 Å². The number of hydrogen-bond donors (Lipinski definition) is 0. The molecule has 0 radical (unpaired) electrons. The van der Waals surface area contributed by atoms with Gasteiger partial charge in [-0.2, -0.15) is 0 Å². The van der Waals surface area contributed by atoms with E-state index in [1.807, 2.05) is 62.4 Å². The molecule has 2 aromatic carbocycles. The zero-order valence-corrected chi connectivity index (χ0v) is 17.6. The van der Waals surface area contributed by atoms with Crippen molar-refractivity contribution in [3.63, 3.8) is 0 Å². The average Bonchev–Trinajstić information content (AvgIpc) is 3.21. The predicted octanol–water partition coefficient (Wildman–Crippen LogP) is 5.86. The number of ketones is 2. The van der Waals surface area contributed by atoms with Crippen molar-refractivity contribution in [1.29, 1.82) is 0 Å². The molecule has 1 aliphatic rings. The molecule has 1 saturated heterocycles. The molecule has 2 nitrogen and oxygen atoms in total. The molecule has 0 spiro atoms. The van der Waals surface area contributed by atoms with E-state index in [0.717, 1.165) is 26.9 Å². The van der Waals surface area contributed by atoms with E-state index in [1.54, 1.807) is 35.7 Å². The molecule has 28 heavy (non-hydrogen) atoms. The normalized spacial score (nSPS) is 14.1. The number of carbonyl (C=O) groups is 2. The van der Waals surface area contributed by atoms with Crippen molar-refractivity contribution in [3.8, 4) is 0 Å². The lowest BCUT2D eigenvalue weighted by Crippen LogP contribution is -2.10. The monoisotopic (exact) mass is 406 g/mol. The second-order valence-corrected chi connectivity index (χ2v) is 9.04. The van der Waals surface area contributed by atoms with E-state index in [-0.39, 0.29) is 17.1 Å². The molecular weight excluding hydrogens is 384 g/mol. The molecule has 0 N–H and O–H groups in total. The number of allylic oxidation sites excluding steroid dienone is 3. The summed E-state index contributed by atoms with van der Waals surface area (Å²) >= 11 is 3.18. The van der Waals surface area contributed by atoms with Crippen LogP contribution in [0, 0.1) is 13.8 Å². The number of rotatable bonds is 6. The Hall–Kier alpha value is -2.30. The molecule has 0 aliphatic carbocycles. The first-order valence-corrected chi connectivity index (χ1v) is 11.1. The van der Waals surface area contributed by atoms with Crippen molar-refractivity contribution in [2.45, 2.75) is 13.8 Å². The molecule has 0 bridgehead atoms. The molecule has 0 unspecified atom stereocenters. The molecular formula is C24H22O2S2. The van der Waals surface area contributed by atoms with E-state index < -0.39 is 0 Å². The van der Waals surface area contributed by atoms with Gasteiger partial charge in [0.15, 0.2) is 11.6 Å². The molecule has 0 amide bonds. The molecule has 0 aromatic heterocycles. The van der Waals surface area contributed by atoms with E-state index in [0.29, 0.717) is 0 Å². The third kappa shape index (κ3) is 5.60. The third-order valence-electron chi connectivity index (χ3n) is 4.26. The topological polar surface area (TPSA) is 34.1 Å². The van der Waals surface area contributed by atoms with Crippen LogP contribution in [0.4, 0.5) is 0 Å². The van der Waals surface area contributed by atoms with Crippen molar-refractivity contribution in [2.24, 2.45) is 0 Å². The zero-order valence-electron chi connectivity index (χ0n) is 16.0. The van der Waals surface area contributed by atoms with Crippen molar-refractivity contribution in [3.05, 3.63) is 92.7 Å². The highest BCUT2D eigenvalue weighted by Crippen LogP contribution is 2.39. The van der Waals surface area contributed by atoms with Gasteiger partial charge in [0.05, 0.1) is 9.81 Å². The molecule has 0 atom stereocenters. The smallest absolute Gasteiger partial charge is 0.191 e. The highest BCUT2D eigenvalue weighted by Gasteiger charge is 2.23. The molecule has 1 fully saturated rings. The summed E-state index contributed by atoms with van der Waals surface area (Å²) in [5.74, 6) is 1.37. The first-order valence-electron chi connectivity index (χ1n) is 9.11. The second kappa shape index (κ2) is 9.76. The van der Waals surface area contributed by atoms with Crippen molar-refractivity contribution in [2.75, 3.05) is 11.5 Å². The van der Waals surface area contributed by atoms with Crippen LogP contribution in [0.15, 0.2) is 70.5 Å². The third-order valence-corrected chi connectivity index (χ3v) is 6.97. The van der Waals surface area contributed by atoms with Gasteiger partial charge in [-0.25, -0.2) is 0 Å². The summed E-state index contributed by atoms with van der Waals surface area (Å²) in [6, 6.07) is 15.9. The SMILES string of the molecule is Cc1ccc(C=CC(=O)C(C(=O)C=Cc2ccc(C)cc2)=C2SCCS2)cc1. The lowest BCUT2D eigenvalue weighted by Gasteiger charge is -2.04. The number of carbonyl (C=O) groups excluding carboxylic acids is 2. The maximum atomic E-state index is 12.8. The molecule has 4 heteroatoms. The Morgan fingerprint density at radius 2 is 1.11 bits per heavy atom. The molecule has 3 rings (SSSR count). The Balaban J connectivity index is 1.81. The first-order chi connectivity index (χ1) is 13.5. The number of thioether (sulfide) groups is 2. The van der Waals surface area contributed by atoms with Crippen LogP contribution in [0.3, 0.4) is 0 Å². The van der Waals surface area contributed by atoms with Gasteiger partial charge in [-0.05, 0) is 37.1 Å². The summed E-state index contributed by atoms with van der Waals surface area (Å²) in [5.41, 5.74) is 4.50. The Bertz CT molecular complexity index is 872. The summed E-state index contributed by atoms with van der Waals surface area (Å²) in [7, 11) is 0. The van der Waals surface area contributed by atoms with Crippen molar-refractivity contribution < 1.29 is 9.59 Å². The minimum Gasteiger partial charge on any atom is -0.289 e. The highest BCUT2D eigenvalue weighted by molar-refractivity contribution is 8.25. The Kier molecular flexibility index (Phi) is 7.12. The Morgan fingerprint density at radius 3 is 1.50 bits per heavy atom. The standard InChI is InChI=1S/C24H22O2S2/c1-17-3-7-19(8-4-17)11-13-21(25)23(24-27-15-16-28-24)22(26)14-12-20-9-5-18(2)6-10-20/h3-14H,15-16H2,1-2H3. The molecule has 0 saturated carbocycles. The van der Waals surface area contributed by atoms with Gasteiger partial charge >= 0.3 is 0 Å². The summed E-state index contributed by atoms with van der Waals surface area (Å²) in [4.78, 5) is 25.7. The van der Waals surface area contributed by atoms with Crippen LogP contribution >= 0.6 is 23.5 Å². The zero-order chi connectivity index (χ0) is 19.9. The van der Waals surface area contributed by atoms with Crippen molar-refractivity contribution >= 4 is 47.2 Å². The fourth-order valence-corrected chi connectivity index (χ4v) is 5.20. The van der Waals surface area contributed by atoms with Crippen molar-refractivity contribution in [1.82, 2.24) is 0 Å². The van der Waals surface area contributed by atoms with Crippen LogP contribution in [-0.4, -0.2) is 23.1 Å². The van der Waals surface area contributed by atoms with Crippen LogP contribution in [-0.2, 0) is 9.59 Å². The minimum atomic E-state index is -0.240. The lowest BCUT2D eigenvalue weighted by molar-refractivity contribution is -0.116. The van der Waals surface area contributed by atoms with Gasteiger partial charge in [-0.1, -0.05) is 71.8 Å². The fourth-order valence-electron chi connectivity index (χ4n) is 2.64. The summed E-state index contributed by atoms with van der Waals surface area (Å²) < 4.78 is 0.831. The number of aryl methyl sites for hydroxylation is 2. The highest BCUT2D eigenvalue weighted by atomic mass is 32.2. The Labute approximate surface area is 174 Å². The van der Waals surface area contributed by atoms with Gasteiger partial charge in [-0.3, -0.25) is 9.59 Å². The van der Waals surface area contributed by atoms with E-state index >= 15 is 0 Å². The lowest BCUT2D eigenvalue weighted by atomic mass is 10.0. The second-order valence-electron chi connectivity index (χ2n) is 6.58. The predicted molar refractivity (Wildman–Crippen MR) is 122 cm³/mol. The van der Waals surface area contributed by atoms with Crippen LogP contribution < -0.4 is 0 Å². The minimum absolute atomic E-state index is 0.240. The average molecular weight is 407 g/mol. The van der Waals surface area contributed by atoms with Gasteiger partial charge in [0.1, 0.15) is 0 Å². The summed E-state index contributed by atoms with van der Waals surface area (Å²) in [6.07, 6.45) is 6.54. The van der Waals surface area contributed by atoms with Crippen LogP contribution in [0.5, 0.6) is 0 Å². The van der Waals surface area contributed by atoms with Gasteiger partial charge in [-0.15, -0.1) is 23.5 Å². The maximum absolute atomic E-state index is 12.8. The van der Waals surface area contributed by atoms with E-state index in [4.69, 9.17) is 0 Å². The Morgan fingerprint density at radius 1 is 0.714 bits per heavy atom. The van der Waals surface area contributed by atoms with Gasteiger partial charge in [0, 0.05) is 11.5 Å². The van der Waals surface area contributed by atoms with E-state index in [1.165, 1.54) is 23.3 Å². The maximum Gasteiger partial charge on any atom is 0.191 e. The fraction of sp³-hybridized carbons (Fsp3) is 0.167. The largest absolute Gasteiger partial charge is 0.289 e. The van der Waals surface area contributed by atoms with E-state index in [2.05, 4.69) is 0 Å². The van der Waals surface area contributed by atoms with Gasteiger partial charge in [0.25, 0.3) is 0 Å². The van der Waals surface area contributed by atoms with Gasteiger partial charge in [0.2, 0.25) is 0 Å². The molecule has 1 aliphatic heterocycles. The summed E-state index contributed by atoms with van der Waals surface area (Å²) in [6.45, 7) is 4.05. The van der Waals surface area contributed by atoms with Gasteiger partial charge < -0.3 is 0 Å². The number of hydrogen-bond acceptors (Lipinski definition) is 4. The molecule has 142 valence electrons.